The molecule has 0 amide bonds. The molecule has 26 heavy (non-hydrogen) atoms. The molecule has 0 bridgehead atoms. The first-order valence-corrected chi connectivity index (χ1v) is 9.45. The second-order valence-electron chi connectivity index (χ2n) is 6.33. The van der Waals surface area contributed by atoms with E-state index >= 15 is 0 Å². The molecule has 4 heteroatoms. The van der Waals surface area contributed by atoms with Crippen LogP contribution < -0.4 is 4.57 Å². The summed E-state index contributed by atoms with van der Waals surface area (Å²) in [6.07, 6.45) is 2.92. The van der Waals surface area contributed by atoms with E-state index in [4.69, 9.17) is 23.2 Å². The number of halogens is 2. The monoisotopic (exact) mass is 381 g/mol. The van der Waals surface area contributed by atoms with Crippen molar-refractivity contribution in [2.45, 2.75) is 19.9 Å². The number of aromatic nitrogens is 2. The summed E-state index contributed by atoms with van der Waals surface area (Å²) in [4.78, 5) is 0. The van der Waals surface area contributed by atoms with Gasteiger partial charge in [-0.15, -0.1) is 0 Å². The Morgan fingerprint density at radius 2 is 1.62 bits per heavy atom. The normalized spacial score (nSPS) is 11.2. The van der Waals surface area contributed by atoms with Crippen molar-refractivity contribution in [2.75, 3.05) is 0 Å². The Kier molecular flexibility index (Phi) is 4.71. The molecule has 0 saturated heterocycles. The minimum Gasteiger partial charge on any atom is -0.215 e. The number of fused-ring (bicyclic) bond motifs is 1. The van der Waals surface area contributed by atoms with E-state index in [-0.39, 0.29) is 0 Å². The van der Waals surface area contributed by atoms with Crippen LogP contribution in [0.3, 0.4) is 0 Å². The van der Waals surface area contributed by atoms with Gasteiger partial charge in [-0.25, -0.2) is 4.57 Å². The molecule has 2 nitrogen and oxygen atoms in total. The van der Waals surface area contributed by atoms with Crippen LogP contribution >= 0.6 is 23.2 Å². The van der Waals surface area contributed by atoms with E-state index < -0.39 is 0 Å². The smallest absolute Gasteiger partial charge is 0.215 e. The highest BCUT2D eigenvalue weighted by Crippen LogP contribution is 2.31. The van der Waals surface area contributed by atoms with Gasteiger partial charge in [-0.3, -0.25) is 0 Å². The maximum Gasteiger partial charge on any atom is 0.260 e. The second-order valence-corrected chi connectivity index (χ2v) is 7.04. The molecular formula is C22H19Cl2N2+. The van der Waals surface area contributed by atoms with Crippen LogP contribution in [0.5, 0.6) is 0 Å². The third kappa shape index (κ3) is 3.00. The van der Waals surface area contributed by atoms with Crippen LogP contribution in [-0.2, 0) is 13.0 Å². The molecule has 3 aromatic carbocycles. The quantitative estimate of drug-likeness (QED) is 0.393. The van der Waals surface area contributed by atoms with Crippen LogP contribution in [0.15, 0.2) is 73.1 Å². The lowest BCUT2D eigenvalue weighted by atomic mass is 10.0. The van der Waals surface area contributed by atoms with Crippen LogP contribution in [0.4, 0.5) is 0 Å². The molecule has 0 aliphatic carbocycles. The summed E-state index contributed by atoms with van der Waals surface area (Å²) >= 11 is 13.2. The van der Waals surface area contributed by atoms with Crippen LogP contribution in [0.2, 0.25) is 10.3 Å². The van der Waals surface area contributed by atoms with Gasteiger partial charge in [0.25, 0.3) is 16.6 Å². The molecule has 0 aliphatic rings. The fourth-order valence-electron chi connectivity index (χ4n) is 3.37. The predicted octanol–water partition coefficient (Wildman–Crippen LogP) is 5.84. The van der Waals surface area contributed by atoms with Gasteiger partial charge < -0.3 is 0 Å². The minimum absolute atomic E-state index is 0.536. The van der Waals surface area contributed by atoms with Crippen molar-refractivity contribution < 1.29 is 4.57 Å². The number of benzene rings is 3. The molecule has 4 aromatic rings. The first-order chi connectivity index (χ1) is 12.7. The van der Waals surface area contributed by atoms with Gasteiger partial charge in [0.05, 0.1) is 0 Å². The van der Waals surface area contributed by atoms with E-state index in [0.29, 0.717) is 16.9 Å². The minimum atomic E-state index is 0.536. The topological polar surface area (TPSA) is 8.81 Å². The van der Waals surface area contributed by atoms with E-state index in [2.05, 4.69) is 55.5 Å². The van der Waals surface area contributed by atoms with Crippen LogP contribution in [0, 0.1) is 0 Å². The SMILES string of the molecule is CCc1ccc2ccccc2c1-n1c[n+](Cc2ccccc2)c(Cl)c1Cl. The van der Waals surface area contributed by atoms with Crippen molar-refractivity contribution in [1.29, 1.82) is 0 Å². The number of nitrogens with zero attached hydrogens (tertiary/aromatic N) is 2. The summed E-state index contributed by atoms with van der Waals surface area (Å²) in [5, 5.41) is 3.45. The number of hydrogen-bond donors (Lipinski definition) is 0. The van der Waals surface area contributed by atoms with E-state index in [9.17, 15) is 0 Å². The molecule has 1 aromatic heterocycles. The van der Waals surface area contributed by atoms with Crippen molar-refractivity contribution in [3.05, 3.63) is 94.5 Å². The van der Waals surface area contributed by atoms with Crippen LogP contribution in [0.25, 0.3) is 16.5 Å². The Morgan fingerprint density at radius 1 is 0.885 bits per heavy atom. The number of imidazole rings is 1. The maximum absolute atomic E-state index is 6.65. The van der Waals surface area contributed by atoms with Gasteiger partial charge in [-0.2, -0.15) is 4.57 Å². The van der Waals surface area contributed by atoms with Crippen molar-refractivity contribution in [3.8, 4) is 5.69 Å². The Bertz CT molecular complexity index is 1070. The van der Waals surface area contributed by atoms with E-state index in [1.165, 1.54) is 21.9 Å². The zero-order valence-electron chi connectivity index (χ0n) is 14.5. The van der Waals surface area contributed by atoms with Crippen molar-refractivity contribution >= 4 is 34.0 Å². The maximum atomic E-state index is 6.65. The van der Waals surface area contributed by atoms with E-state index in [1.807, 2.05) is 33.7 Å². The zero-order chi connectivity index (χ0) is 18.1. The lowest BCUT2D eigenvalue weighted by Gasteiger charge is -2.09. The standard InChI is InChI=1S/C22H19Cl2N2/c1-2-17-12-13-18-10-6-7-11-19(18)20(17)26-15-25(21(23)22(26)24)14-16-8-4-3-5-9-16/h3-13,15H,2,14H2,1H3/q+1. The fourth-order valence-corrected chi connectivity index (χ4v) is 3.81. The van der Waals surface area contributed by atoms with Gasteiger partial charge in [0.15, 0.2) is 0 Å². The van der Waals surface area contributed by atoms with Gasteiger partial charge in [0.1, 0.15) is 12.2 Å². The summed E-state index contributed by atoms with van der Waals surface area (Å²) < 4.78 is 3.99. The lowest BCUT2D eigenvalue weighted by Crippen LogP contribution is -2.33. The van der Waals surface area contributed by atoms with E-state index in [1.54, 1.807) is 0 Å². The highest BCUT2D eigenvalue weighted by molar-refractivity contribution is 6.40. The van der Waals surface area contributed by atoms with Crippen LogP contribution in [0.1, 0.15) is 18.1 Å². The largest absolute Gasteiger partial charge is 0.260 e. The average Bonchev–Trinajstić information content (AvgIpc) is 2.96. The van der Waals surface area contributed by atoms with Gasteiger partial charge in [-0.05, 0) is 46.1 Å². The molecule has 0 saturated carbocycles. The summed E-state index contributed by atoms with van der Waals surface area (Å²) in [6.45, 7) is 2.84. The molecular weight excluding hydrogens is 363 g/mol. The first-order valence-electron chi connectivity index (χ1n) is 8.69. The second kappa shape index (κ2) is 7.14. The third-order valence-corrected chi connectivity index (χ3v) is 5.54. The molecule has 4 rings (SSSR count). The summed E-state index contributed by atoms with van der Waals surface area (Å²) in [7, 11) is 0. The molecule has 130 valence electrons. The van der Waals surface area contributed by atoms with Gasteiger partial charge in [-0.1, -0.05) is 73.7 Å². The predicted molar refractivity (Wildman–Crippen MR) is 108 cm³/mol. The highest BCUT2D eigenvalue weighted by atomic mass is 35.5. The van der Waals surface area contributed by atoms with Gasteiger partial charge >= 0.3 is 0 Å². The molecule has 0 fully saturated rings. The first kappa shape index (κ1) is 17.1. The molecule has 0 N–H and O–H groups in total. The summed E-state index contributed by atoms with van der Waals surface area (Å²) in [5.74, 6) is 0. The average molecular weight is 382 g/mol. The lowest BCUT2D eigenvalue weighted by molar-refractivity contribution is -0.685. The number of hydrogen-bond acceptors (Lipinski definition) is 0. The van der Waals surface area contributed by atoms with Crippen molar-refractivity contribution in [1.82, 2.24) is 4.57 Å². The molecule has 0 spiro atoms. The van der Waals surface area contributed by atoms with E-state index in [0.717, 1.165) is 12.1 Å². The Labute approximate surface area is 163 Å². The Morgan fingerprint density at radius 3 is 2.38 bits per heavy atom. The molecule has 0 unspecified atom stereocenters. The van der Waals surface area contributed by atoms with Gasteiger partial charge in [0.2, 0.25) is 0 Å². The fraction of sp³-hybridized carbons (Fsp3) is 0.136. The third-order valence-electron chi connectivity index (χ3n) is 4.69. The zero-order valence-corrected chi connectivity index (χ0v) is 16.0. The Hall–Kier alpha value is -2.29. The van der Waals surface area contributed by atoms with Gasteiger partial charge in [0, 0.05) is 5.39 Å². The van der Waals surface area contributed by atoms with Crippen molar-refractivity contribution in [3.63, 3.8) is 0 Å². The summed E-state index contributed by atoms with van der Waals surface area (Å²) in [5.41, 5.74) is 3.52. The van der Waals surface area contributed by atoms with Crippen molar-refractivity contribution in [2.24, 2.45) is 0 Å². The number of rotatable bonds is 4. The molecule has 1 heterocycles. The summed E-state index contributed by atoms with van der Waals surface area (Å²) in [6, 6.07) is 22.9. The molecule has 0 atom stereocenters. The molecule has 0 aliphatic heterocycles. The molecule has 0 radical (unpaired) electrons. The van der Waals surface area contributed by atoms with Crippen LogP contribution in [-0.4, -0.2) is 4.57 Å². The highest BCUT2D eigenvalue weighted by Gasteiger charge is 2.24. The Balaban J connectivity index is 1.89. The number of aryl methyl sites for hydroxylation is 1.